The Labute approximate surface area is 163 Å². The van der Waals surface area contributed by atoms with Gasteiger partial charge in [-0.15, -0.1) is 0 Å². The summed E-state index contributed by atoms with van der Waals surface area (Å²) in [4.78, 5) is 0. The lowest BCUT2D eigenvalue weighted by Gasteiger charge is -2.39. The highest BCUT2D eigenvalue weighted by Gasteiger charge is 2.86. The van der Waals surface area contributed by atoms with E-state index in [1.807, 2.05) is 6.92 Å². The second-order valence-electron chi connectivity index (χ2n) is 5.93. The van der Waals surface area contributed by atoms with Crippen molar-refractivity contribution in [3.63, 3.8) is 0 Å². The molecule has 0 aromatic carbocycles. The molecule has 0 saturated heterocycles. The maximum atomic E-state index is 12.9. The smallest absolute Gasteiger partial charge is 0.396 e. The predicted octanol–water partition coefficient (Wildman–Crippen LogP) is 6.43. The SMILES string of the molecule is CC(F)(F)C(F)(F)C(F)(F)C(F)(F)OC(F)(F)C(F)(F)C(F)(F)C(C)(F)F.CCCO. The van der Waals surface area contributed by atoms with Crippen LogP contribution in [-0.2, 0) is 4.74 Å². The maximum absolute atomic E-state index is 12.9. The Hall–Kier alpha value is -1.20. The molecular formula is C13H14F16O2. The lowest BCUT2D eigenvalue weighted by molar-refractivity contribution is -0.513. The number of aliphatic hydroxyl groups excluding tert-OH is 1. The summed E-state index contributed by atoms with van der Waals surface area (Å²) in [6.07, 6.45) is -14.4. The van der Waals surface area contributed by atoms with E-state index in [1.54, 1.807) is 0 Å². The summed E-state index contributed by atoms with van der Waals surface area (Å²) < 4.78 is 205. The highest BCUT2D eigenvalue weighted by atomic mass is 19.4. The summed E-state index contributed by atoms with van der Waals surface area (Å²) in [5.74, 6) is -42.0. The van der Waals surface area contributed by atoms with Gasteiger partial charge in [0.25, 0.3) is 0 Å². The zero-order chi connectivity index (χ0) is 26.1. The minimum Gasteiger partial charge on any atom is -0.396 e. The van der Waals surface area contributed by atoms with Crippen LogP contribution in [0.1, 0.15) is 27.2 Å². The van der Waals surface area contributed by atoms with E-state index in [-0.39, 0.29) is 0 Å². The Morgan fingerprint density at radius 2 is 0.710 bits per heavy atom. The molecule has 0 aliphatic carbocycles. The Morgan fingerprint density at radius 3 is 0.839 bits per heavy atom. The molecule has 18 heteroatoms. The van der Waals surface area contributed by atoms with Crippen molar-refractivity contribution in [3.8, 4) is 0 Å². The van der Waals surface area contributed by atoms with E-state index in [4.69, 9.17) is 5.11 Å². The van der Waals surface area contributed by atoms with E-state index < -0.39 is 61.6 Å². The average molecular weight is 506 g/mol. The van der Waals surface area contributed by atoms with Crippen molar-refractivity contribution in [2.24, 2.45) is 0 Å². The third kappa shape index (κ3) is 5.78. The van der Waals surface area contributed by atoms with E-state index in [0.717, 1.165) is 6.42 Å². The topological polar surface area (TPSA) is 29.5 Å². The molecule has 0 aliphatic heterocycles. The molecular weight excluding hydrogens is 492 g/mol. The molecule has 1 N–H and O–H groups in total. The van der Waals surface area contributed by atoms with Gasteiger partial charge in [-0.3, -0.25) is 0 Å². The summed E-state index contributed by atoms with van der Waals surface area (Å²) in [6, 6.07) is 0. The molecule has 0 aliphatic rings. The van der Waals surface area contributed by atoms with E-state index in [1.165, 1.54) is 4.74 Å². The minimum absolute atomic E-state index is 0.319. The van der Waals surface area contributed by atoms with Crippen LogP contribution < -0.4 is 0 Å². The standard InChI is InChI=1S/C10H6F16O.C3H8O/c1-3(11,12)5(15,16)7(19,20)9(23,24)27-10(25,26)8(21,22)6(17,18)4(2,13)14;1-2-3-4/h1-2H3;4H,2-3H2,1H3. The van der Waals surface area contributed by atoms with Crippen LogP contribution in [0.3, 0.4) is 0 Å². The van der Waals surface area contributed by atoms with Gasteiger partial charge >= 0.3 is 47.8 Å². The van der Waals surface area contributed by atoms with E-state index in [2.05, 4.69) is 0 Å². The molecule has 31 heavy (non-hydrogen) atoms. The Balaban J connectivity index is 0. The zero-order valence-electron chi connectivity index (χ0n) is 15.3. The molecule has 0 fully saturated rings. The van der Waals surface area contributed by atoms with Crippen LogP contribution in [0.25, 0.3) is 0 Å². The van der Waals surface area contributed by atoms with Crippen molar-refractivity contribution in [3.05, 3.63) is 0 Å². The van der Waals surface area contributed by atoms with Crippen molar-refractivity contribution < 1.29 is 80.1 Å². The number of hydrogen-bond acceptors (Lipinski definition) is 2. The fourth-order valence-electron chi connectivity index (χ4n) is 1.21. The molecule has 0 rings (SSSR count). The quantitative estimate of drug-likeness (QED) is 0.366. The molecule has 0 spiro atoms. The lowest BCUT2D eigenvalue weighted by atomic mass is 10.0. The number of rotatable bonds is 9. The first-order valence-electron chi connectivity index (χ1n) is 7.46. The third-order valence-electron chi connectivity index (χ3n) is 3.10. The van der Waals surface area contributed by atoms with Crippen LogP contribution in [0, 0.1) is 0 Å². The monoisotopic (exact) mass is 506 g/mol. The van der Waals surface area contributed by atoms with Gasteiger partial charge in [-0.25, -0.2) is 4.74 Å². The second-order valence-corrected chi connectivity index (χ2v) is 5.93. The van der Waals surface area contributed by atoms with Gasteiger partial charge in [-0.1, -0.05) is 6.92 Å². The first-order chi connectivity index (χ1) is 13.1. The highest BCUT2D eigenvalue weighted by molar-refractivity contribution is 5.02. The molecule has 0 bridgehead atoms. The Morgan fingerprint density at radius 1 is 0.516 bits per heavy atom. The van der Waals surface area contributed by atoms with Gasteiger partial charge in [0.1, 0.15) is 0 Å². The van der Waals surface area contributed by atoms with Crippen molar-refractivity contribution in [1.82, 2.24) is 0 Å². The van der Waals surface area contributed by atoms with Crippen molar-refractivity contribution in [2.45, 2.75) is 74.9 Å². The van der Waals surface area contributed by atoms with Gasteiger partial charge in [0, 0.05) is 20.5 Å². The Kier molecular flexibility index (Phi) is 9.26. The second kappa shape index (κ2) is 8.97. The largest absolute Gasteiger partial charge is 0.430 e. The summed E-state index contributed by atoms with van der Waals surface area (Å²) in [5.41, 5.74) is 0. The highest BCUT2D eigenvalue weighted by Crippen LogP contribution is 2.58. The van der Waals surface area contributed by atoms with Gasteiger partial charge in [-0.05, 0) is 6.42 Å². The summed E-state index contributed by atoms with van der Waals surface area (Å²) >= 11 is 0. The molecule has 0 heterocycles. The van der Waals surface area contributed by atoms with Crippen LogP contribution in [0.2, 0.25) is 0 Å². The van der Waals surface area contributed by atoms with Crippen LogP contribution >= 0.6 is 0 Å². The predicted molar refractivity (Wildman–Crippen MR) is 69.4 cm³/mol. The first kappa shape index (κ1) is 32.0. The van der Waals surface area contributed by atoms with Crippen LogP contribution in [0.5, 0.6) is 0 Å². The van der Waals surface area contributed by atoms with E-state index in [9.17, 15) is 70.2 Å². The fraction of sp³-hybridized carbons (Fsp3) is 1.00. The van der Waals surface area contributed by atoms with Gasteiger partial charge in [0.15, 0.2) is 0 Å². The number of hydrogen-bond donors (Lipinski definition) is 1. The van der Waals surface area contributed by atoms with Gasteiger partial charge in [0.2, 0.25) is 0 Å². The van der Waals surface area contributed by atoms with Gasteiger partial charge in [-0.2, -0.15) is 70.2 Å². The molecule has 0 saturated carbocycles. The molecule has 190 valence electrons. The van der Waals surface area contributed by atoms with E-state index in [0.29, 0.717) is 6.61 Å². The zero-order valence-corrected chi connectivity index (χ0v) is 15.3. The summed E-state index contributed by atoms with van der Waals surface area (Å²) in [6.45, 7) is 0.0467. The van der Waals surface area contributed by atoms with Crippen molar-refractivity contribution >= 4 is 0 Å². The Bertz CT molecular complexity index is 525. The van der Waals surface area contributed by atoms with E-state index >= 15 is 0 Å². The third-order valence-corrected chi connectivity index (χ3v) is 3.10. The molecule has 0 atom stereocenters. The number of ether oxygens (including phenoxy) is 1. The number of alkyl halides is 16. The molecule has 0 amide bonds. The van der Waals surface area contributed by atoms with Crippen molar-refractivity contribution in [2.75, 3.05) is 6.61 Å². The number of aliphatic hydroxyl groups is 1. The molecule has 0 unspecified atom stereocenters. The number of halogens is 16. The van der Waals surface area contributed by atoms with Crippen molar-refractivity contribution in [1.29, 1.82) is 0 Å². The average Bonchev–Trinajstić information content (AvgIpc) is 2.51. The van der Waals surface area contributed by atoms with Gasteiger partial charge < -0.3 is 5.11 Å². The fourth-order valence-corrected chi connectivity index (χ4v) is 1.21. The van der Waals surface area contributed by atoms with Crippen LogP contribution in [-0.4, -0.2) is 59.5 Å². The summed E-state index contributed by atoms with van der Waals surface area (Å²) in [7, 11) is 0. The minimum atomic E-state index is -7.68. The first-order valence-corrected chi connectivity index (χ1v) is 7.46. The molecule has 0 radical (unpaired) electrons. The molecule has 2 nitrogen and oxygen atoms in total. The van der Waals surface area contributed by atoms with Gasteiger partial charge in [0.05, 0.1) is 0 Å². The van der Waals surface area contributed by atoms with Crippen LogP contribution in [0.4, 0.5) is 70.2 Å². The normalized spacial score (nSPS) is 15.5. The molecule has 0 aromatic heterocycles. The summed E-state index contributed by atoms with van der Waals surface area (Å²) in [5, 5.41) is 7.88. The lowest BCUT2D eigenvalue weighted by Crippen LogP contribution is -2.67. The maximum Gasteiger partial charge on any atom is 0.430 e. The molecule has 0 aromatic rings. The van der Waals surface area contributed by atoms with Crippen LogP contribution in [0.15, 0.2) is 0 Å².